The van der Waals surface area contributed by atoms with E-state index in [9.17, 15) is 13.2 Å². The van der Waals surface area contributed by atoms with Crippen LogP contribution in [0.15, 0.2) is 12.3 Å². The van der Waals surface area contributed by atoms with Crippen molar-refractivity contribution in [2.24, 2.45) is 0 Å². The lowest BCUT2D eigenvalue weighted by atomic mass is 10.2. The number of halogens is 3. The number of ether oxygens (including phenoxy) is 1. The fourth-order valence-electron chi connectivity index (χ4n) is 2.07. The molecule has 0 saturated carbocycles. The second-order valence-corrected chi connectivity index (χ2v) is 4.01. The summed E-state index contributed by atoms with van der Waals surface area (Å²) in [7, 11) is 0. The molecular weight excluding hydrogens is 235 g/mol. The van der Waals surface area contributed by atoms with Crippen molar-refractivity contribution in [1.29, 1.82) is 0 Å². The van der Waals surface area contributed by atoms with Crippen molar-refractivity contribution in [2.45, 2.75) is 12.4 Å². The van der Waals surface area contributed by atoms with Crippen LogP contribution in [0.25, 0.3) is 0 Å². The first-order chi connectivity index (χ1) is 8.05. The van der Waals surface area contributed by atoms with Gasteiger partial charge in [0.05, 0.1) is 12.1 Å². The van der Waals surface area contributed by atoms with E-state index in [2.05, 4.69) is 10.3 Å². The zero-order valence-electron chi connectivity index (χ0n) is 8.79. The first-order valence-electron chi connectivity index (χ1n) is 5.27. The van der Waals surface area contributed by atoms with Crippen molar-refractivity contribution >= 4 is 5.82 Å². The summed E-state index contributed by atoms with van der Waals surface area (Å²) in [6.45, 7) is 2.07. The van der Waals surface area contributed by atoms with Crippen molar-refractivity contribution in [3.63, 3.8) is 0 Å². The molecule has 3 heterocycles. The standard InChI is InChI=1S/C10H10F3N3O/c11-10(12,13)6-3-7-9(15-4-6)16-2-1-14-5-8(16)17-7/h3-4,8,14H,1-2,5H2. The zero-order valence-corrected chi connectivity index (χ0v) is 8.79. The number of hydrogen-bond donors (Lipinski definition) is 1. The van der Waals surface area contributed by atoms with E-state index in [4.69, 9.17) is 4.74 Å². The van der Waals surface area contributed by atoms with Gasteiger partial charge < -0.3 is 15.0 Å². The average molecular weight is 245 g/mol. The molecule has 1 fully saturated rings. The van der Waals surface area contributed by atoms with Crippen LogP contribution in [0.4, 0.5) is 19.0 Å². The molecule has 0 amide bonds. The van der Waals surface area contributed by atoms with Gasteiger partial charge in [-0.15, -0.1) is 0 Å². The molecule has 17 heavy (non-hydrogen) atoms. The van der Waals surface area contributed by atoms with Gasteiger partial charge in [-0.2, -0.15) is 13.2 Å². The molecule has 1 unspecified atom stereocenters. The van der Waals surface area contributed by atoms with Crippen LogP contribution in [0, 0.1) is 0 Å². The number of anilines is 1. The fraction of sp³-hybridized carbons (Fsp3) is 0.500. The lowest BCUT2D eigenvalue weighted by molar-refractivity contribution is -0.137. The Morgan fingerprint density at radius 2 is 2.29 bits per heavy atom. The van der Waals surface area contributed by atoms with Gasteiger partial charge in [0.1, 0.15) is 0 Å². The predicted molar refractivity (Wildman–Crippen MR) is 53.9 cm³/mol. The molecule has 0 aliphatic carbocycles. The Labute approximate surface area is 95.4 Å². The van der Waals surface area contributed by atoms with E-state index in [1.807, 2.05) is 4.90 Å². The Balaban J connectivity index is 1.97. The highest BCUT2D eigenvalue weighted by Crippen LogP contribution is 2.39. The van der Waals surface area contributed by atoms with Crippen LogP contribution >= 0.6 is 0 Å². The average Bonchev–Trinajstić information content (AvgIpc) is 2.65. The highest BCUT2D eigenvalue weighted by Gasteiger charge is 2.38. The Kier molecular flexibility index (Phi) is 2.19. The first-order valence-corrected chi connectivity index (χ1v) is 5.27. The summed E-state index contributed by atoms with van der Waals surface area (Å²) in [5, 5.41) is 3.12. The summed E-state index contributed by atoms with van der Waals surface area (Å²) >= 11 is 0. The van der Waals surface area contributed by atoms with Gasteiger partial charge in [-0.05, 0) is 6.07 Å². The summed E-state index contributed by atoms with van der Waals surface area (Å²) in [6.07, 6.45) is -3.77. The maximum atomic E-state index is 12.5. The monoisotopic (exact) mass is 245 g/mol. The van der Waals surface area contributed by atoms with Gasteiger partial charge >= 0.3 is 6.18 Å². The summed E-state index contributed by atoms with van der Waals surface area (Å²) in [5.41, 5.74) is -0.774. The summed E-state index contributed by atoms with van der Waals surface area (Å²) in [6, 6.07) is 1.01. The summed E-state index contributed by atoms with van der Waals surface area (Å²) in [5.74, 6) is 0.720. The molecule has 0 aromatic carbocycles. The first kappa shape index (κ1) is 10.6. The van der Waals surface area contributed by atoms with E-state index in [1.165, 1.54) is 0 Å². The number of alkyl halides is 3. The van der Waals surface area contributed by atoms with Gasteiger partial charge in [-0.25, -0.2) is 4.98 Å². The Hall–Kier alpha value is -1.50. The molecule has 3 rings (SSSR count). The third-order valence-electron chi connectivity index (χ3n) is 2.89. The smallest absolute Gasteiger partial charge is 0.418 e. The third-order valence-corrected chi connectivity index (χ3v) is 2.89. The van der Waals surface area contributed by atoms with Crippen molar-refractivity contribution < 1.29 is 17.9 Å². The molecule has 1 N–H and O–H groups in total. The molecule has 0 bridgehead atoms. The minimum absolute atomic E-state index is 0.216. The van der Waals surface area contributed by atoms with Crippen LogP contribution in [0.3, 0.4) is 0 Å². The third kappa shape index (κ3) is 1.70. The van der Waals surface area contributed by atoms with Gasteiger partial charge in [0.15, 0.2) is 17.8 Å². The minimum atomic E-state index is -4.38. The second kappa shape index (κ2) is 3.49. The highest BCUT2D eigenvalue weighted by molar-refractivity contribution is 5.58. The molecule has 4 nitrogen and oxygen atoms in total. The Morgan fingerprint density at radius 1 is 1.47 bits per heavy atom. The lowest BCUT2D eigenvalue weighted by Crippen LogP contribution is -2.51. The van der Waals surface area contributed by atoms with Crippen LogP contribution in [-0.2, 0) is 6.18 Å². The number of nitrogens with one attached hydrogen (secondary N) is 1. The molecule has 92 valence electrons. The van der Waals surface area contributed by atoms with Gasteiger partial charge in [-0.3, -0.25) is 0 Å². The van der Waals surface area contributed by atoms with Crippen LogP contribution < -0.4 is 15.0 Å². The van der Waals surface area contributed by atoms with Gasteiger partial charge in [0, 0.05) is 19.3 Å². The van der Waals surface area contributed by atoms with E-state index in [0.29, 0.717) is 18.9 Å². The molecule has 1 saturated heterocycles. The number of hydrogen-bond acceptors (Lipinski definition) is 4. The van der Waals surface area contributed by atoms with Crippen molar-refractivity contribution in [2.75, 3.05) is 24.5 Å². The summed E-state index contributed by atoms with van der Waals surface area (Å²) in [4.78, 5) is 5.74. The molecule has 2 aliphatic heterocycles. The number of piperazine rings is 1. The van der Waals surface area contributed by atoms with Crippen LogP contribution in [0.5, 0.6) is 5.75 Å². The molecule has 1 aromatic heterocycles. The second-order valence-electron chi connectivity index (χ2n) is 4.01. The summed E-state index contributed by atoms with van der Waals surface area (Å²) < 4.78 is 43.0. The van der Waals surface area contributed by atoms with Crippen LogP contribution in [-0.4, -0.2) is 30.8 Å². The SMILES string of the molecule is FC(F)(F)c1cnc2c(c1)OC1CNCCN21. The molecule has 0 spiro atoms. The zero-order chi connectivity index (χ0) is 12.0. The van der Waals surface area contributed by atoms with E-state index >= 15 is 0 Å². The molecule has 1 aromatic rings. The maximum Gasteiger partial charge on any atom is 0.418 e. The molecule has 2 aliphatic rings. The number of pyridine rings is 1. The molecule has 7 heteroatoms. The van der Waals surface area contributed by atoms with Crippen LogP contribution in [0.2, 0.25) is 0 Å². The molecule has 1 atom stereocenters. The predicted octanol–water partition coefficient (Wildman–Crippen LogP) is 1.23. The Bertz CT molecular complexity index is 449. The van der Waals surface area contributed by atoms with Gasteiger partial charge in [0.25, 0.3) is 0 Å². The number of nitrogens with zero attached hydrogens (tertiary/aromatic N) is 2. The molecular formula is C10H10F3N3O. The highest BCUT2D eigenvalue weighted by atomic mass is 19.4. The normalized spacial score (nSPS) is 23.0. The maximum absolute atomic E-state index is 12.5. The van der Waals surface area contributed by atoms with E-state index in [-0.39, 0.29) is 12.0 Å². The van der Waals surface area contributed by atoms with Crippen molar-refractivity contribution in [1.82, 2.24) is 10.3 Å². The lowest BCUT2D eigenvalue weighted by Gasteiger charge is -2.29. The van der Waals surface area contributed by atoms with Gasteiger partial charge in [-0.1, -0.05) is 0 Å². The van der Waals surface area contributed by atoms with Crippen LogP contribution in [0.1, 0.15) is 5.56 Å². The molecule has 0 radical (unpaired) electrons. The van der Waals surface area contributed by atoms with E-state index < -0.39 is 11.7 Å². The largest absolute Gasteiger partial charge is 0.465 e. The Morgan fingerprint density at radius 3 is 3.06 bits per heavy atom. The van der Waals surface area contributed by atoms with E-state index in [0.717, 1.165) is 18.8 Å². The number of aromatic nitrogens is 1. The number of rotatable bonds is 0. The van der Waals surface area contributed by atoms with E-state index in [1.54, 1.807) is 0 Å². The van der Waals surface area contributed by atoms with Gasteiger partial charge in [0.2, 0.25) is 0 Å². The number of fused-ring (bicyclic) bond motifs is 3. The minimum Gasteiger partial charge on any atom is -0.465 e. The van der Waals surface area contributed by atoms with Crippen molar-refractivity contribution in [3.8, 4) is 5.75 Å². The topological polar surface area (TPSA) is 37.4 Å². The fourth-order valence-corrected chi connectivity index (χ4v) is 2.07. The quantitative estimate of drug-likeness (QED) is 0.746. The van der Waals surface area contributed by atoms with Crippen molar-refractivity contribution in [3.05, 3.63) is 17.8 Å².